The summed E-state index contributed by atoms with van der Waals surface area (Å²) in [4.78, 5) is 20.0. The van der Waals surface area contributed by atoms with Gasteiger partial charge in [0.2, 0.25) is 0 Å². The Bertz CT molecular complexity index is 1120. The van der Waals surface area contributed by atoms with Crippen molar-refractivity contribution >= 4 is 31.4 Å². The van der Waals surface area contributed by atoms with Crippen LogP contribution >= 0.6 is 0 Å². The summed E-state index contributed by atoms with van der Waals surface area (Å²) in [5, 5.41) is 0. The second kappa shape index (κ2) is 14.0. The Balaban J connectivity index is 0.00000216. The van der Waals surface area contributed by atoms with Crippen molar-refractivity contribution in [3.8, 4) is 0 Å². The maximum absolute atomic E-state index is 5.12. The maximum atomic E-state index is 5.12. The van der Waals surface area contributed by atoms with Crippen molar-refractivity contribution in [3.63, 3.8) is 0 Å². The number of amidine groups is 2. The molecule has 0 unspecified atom stereocenters. The molecule has 4 aromatic carbocycles. The van der Waals surface area contributed by atoms with Crippen molar-refractivity contribution in [3.05, 3.63) is 142 Å². The van der Waals surface area contributed by atoms with E-state index in [9.17, 15) is 0 Å². The van der Waals surface area contributed by atoms with Crippen molar-refractivity contribution < 1.29 is 37.7 Å². The third-order valence-corrected chi connectivity index (χ3v) is 6.32. The molecule has 4 aromatic rings. The zero-order valence-electron chi connectivity index (χ0n) is 20.8. The first kappa shape index (κ1) is 28.5. The zero-order chi connectivity index (χ0) is 22.9. The molecular formula is C28H26Li2N4Si. The first-order valence-electron chi connectivity index (χ1n) is 10.9. The van der Waals surface area contributed by atoms with E-state index in [1.54, 1.807) is 0 Å². The summed E-state index contributed by atoms with van der Waals surface area (Å²) in [6.07, 6.45) is 0. The van der Waals surface area contributed by atoms with Crippen molar-refractivity contribution in [2.24, 2.45) is 9.98 Å². The van der Waals surface area contributed by atoms with Crippen LogP contribution in [-0.4, -0.2) is 20.1 Å². The SMILES string of the molecule is C[Si](C)([N-]C(=Nc1ccccc1)c1ccccc1)[N-]C(=Nc1ccccc1)c1ccccc1.[Li+].[Li+]. The Morgan fingerprint density at radius 2 is 0.771 bits per heavy atom. The molecule has 0 saturated heterocycles. The molecular weight excluding hydrogens is 434 g/mol. The van der Waals surface area contributed by atoms with Gasteiger partial charge in [-0.25, -0.2) is 0 Å². The fourth-order valence-corrected chi connectivity index (χ4v) is 4.72. The number of hydrogen-bond acceptors (Lipinski definition) is 2. The zero-order valence-corrected chi connectivity index (χ0v) is 21.8. The van der Waals surface area contributed by atoms with Gasteiger partial charge in [-0.05, 0) is 22.5 Å². The molecule has 0 bridgehead atoms. The van der Waals surface area contributed by atoms with Crippen LogP contribution in [0, 0.1) is 0 Å². The molecule has 0 aliphatic carbocycles. The summed E-state index contributed by atoms with van der Waals surface area (Å²) in [5.74, 6) is 1.38. The van der Waals surface area contributed by atoms with Crippen molar-refractivity contribution in [2.75, 3.05) is 0 Å². The predicted molar refractivity (Wildman–Crippen MR) is 142 cm³/mol. The number of aliphatic imine (C=N–C) groups is 2. The van der Waals surface area contributed by atoms with Crippen molar-refractivity contribution in [2.45, 2.75) is 13.1 Å². The van der Waals surface area contributed by atoms with Crippen molar-refractivity contribution in [1.29, 1.82) is 0 Å². The van der Waals surface area contributed by atoms with Gasteiger partial charge in [-0.3, -0.25) is 0 Å². The number of nitrogens with zero attached hydrogens (tertiary/aromatic N) is 4. The van der Waals surface area contributed by atoms with E-state index in [1.807, 2.05) is 121 Å². The average Bonchev–Trinajstić information content (AvgIpc) is 2.85. The standard InChI is InChI=1S/C28H26N4Si.2Li/c1-33(2,31-27(23-15-7-3-8-16-23)29-25-19-11-5-12-20-25)32-28(24-17-9-4-10-18-24)30-26-21-13-6-14-22-26;;/h3-22H,1-2H3;;/q-2;2*+1. The van der Waals surface area contributed by atoms with Gasteiger partial charge in [0.15, 0.2) is 0 Å². The Kier molecular flexibility index (Phi) is 11.3. The fraction of sp³-hybridized carbons (Fsp3) is 0.0714. The second-order valence-corrected chi connectivity index (χ2v) is 11.4. The summed E-state index contributed by atoms with van der Waals surface area (Å²) in [6, 6.07) is 40.0. The first-order chi connectivity index (χ1) is 16.1. The molecule has 0 aliphatic heterocycles. The Morgan fingerprint density at radius 1 is 0.486 bits per heavy atom. The van der Waals surface area contributed by atoms with E-state index in [4.69, 9.17) is 19.9 Å². The number of rotatable bonds is 6. The molecule has 0 heterocycles. The maximum Gasteiger partial charge on any atom is 1.00 e. The fourth-order valence-electron chi connectivity index (χ4n) is 3.28. The van der Waals surface area contributed by atoms with Gasteiger partial charge in [0.25, 0.3) is 0 Å². The summed E-state index contributed by atoms with van der Waals surface area (Å²) in [6.45, 7) is 4.22. The number of benzene rings is 4. The van der Waals surface area contributed by atoms with E-state index in [0.29, 0.717) is 11.7 Å². The molecule has 4 rings (SSSR count). The van der Waals surface area contributed by atoms with Gasteiger partial charge in [0.1, 0.15) is 0 Å². The van der Waals surface area contributed by atoms with Gasteiger partial charge in [-0.1, -0.05) is 146 Å². The van der Waals surface area contributed by atoms with Crippen LogP contribution in [0.1, 0.15) is 11.1 Å². The van der Waals surface area contributed by atoms with Crippen LogP contribution in [-0.2, 0) is 0 Å². The monoisotopic (exact) mass is 460 g/mol. The summed E-state index contributed by atoms with van der Waals surface area (Å²) >= 11 is 0. The number of para-hydroxylation sites is 2. The van der Waals surface area contributed by atoms with Gasteiger partial charge in [0, 0.05) is 8.40 Å². The third-order valence-electron chi connectivity index (χ3n) is 4.81. The van der Waals surface area contributed by atoms with Crippen LogP contribution in [0.15, 0.2) is 131 Å². The minimum absolute atomic E-state index is 0. The van der Waals surface area contributed by atoms with Crippen LogP contribution < -0.4 is 37.7 Å². The van der Waals surface area contributed by atoms with Crippen LogP contribution in [0.25, 0.3) is 9.96 Å². The Morgan fingerprint density at radius 3 is 1.09 bits per heavy atom. The van der Waals surface area contributed by atoms with Gasteiger partial charge >= 0.3 is 37.7 Å². The Hall–Kier alpha value is -2.77. The third kappa shape index (κ3) is 8.75. The van der Waals surface area contributed by atoms with E-state index in [0.717, 1.165) is 22.5 Å². The topological polar surface area (TPSA) is 52.9 Å². The molecule has 0 aliphatic rings. The molecule has 4 nitrogen and oxygen atoms in total. The molecule has 7 heteroatoms. The summed E-state index contributed by atoms with van der Waals surface area (Å²) in [5.41, 5.74) is 3.68. The minimum atomic E-state index is -2.51. The predicted octanol–water partition coefficient (Wildman–Crippen LogP) is 2.00. The first-order valence-corrected chi connectivity index (χ1v) is 13.8. The molecule has 0 atom stereocenters. The van der Waals surface area contributed by atoms with Crippen LogP contribution in [0.4, 0.5) is 11.4 Å². The van der Waals surface area contributed by atoms with E-state index >= 15 is 0 Å². The van der Waals surface area contributed by atoms with Gasteiger partial charge in [-0.2, -0.15) is 0 Å². The van der Waals surface area contributed by atoms with E-state index in [-0.39, 0.29) is 37.7 Å². The van der Waals surface area contributed by atoms with Gasteiger partial charge in [-0.15, -0.1) is 0 Å². The Labute approximate surface area is 233 Å². The molecule has 0 aromatic heterocycles. The number of hydrogen-bond donors (Lipinski definition) is 0. The smallest absolute Gasteiger partial charge is 0.473 e. The van der Waals surface area contributed by atoms with Crippen LogP contribution in [0.2, 0.25) is 13.1 Å². The van der Waals surface area contributed by atoms with Crippen LogP contribution in [0.3, 0.4) is 0 Å². The van der Waals surface area contributed by atoms with E-state index < -0.39 is 8.40 Å². The largest absolute Gasteiger partial charge is 1.00 e. The summed E-state index contributed by atoms with van der Waals surface area (Å²) in [7, 11) is -2.51. The quantitative estimate of drug-likeness (QED) is 0.240. The molecule has 35 heavy (non-hydrogen) atoms. The molecule has 0 saturated carbocycles. The van der Waals surface area contributed by atoms with E-state index in [1.165, 1.54) is 0 Å². The molecule has 0 spiro atoms. The van der Waals surface area contributed by atoms with Gasteiger partial charge in [0.05, 0.1) is 0 Å². The second-order valence-electron chi connectivity index (χ2n) is 7.99. The van der Waals surface area contributed by atoms with E-state index in [2.05, 4.69) is 13.1 Å². The van der Waals surface area contributed by atoms with Gasteiger partial charge < -0.3 is 19.9 Å². The average molecular weight is 461 g/mol. The van der Waals surface area contributed by atoms with Crippen LogP contribution in [0.5, 0.6) is 0 Å². The minimum Gasteiger partial charge on any atom is -0.473 e. The normalized spacial score (nSPS) is 11.6. The van der Waals surface area contributed by atoms with Crippen molar-refractivity contribution in [1.82, 2.24) is 0 Å². The molecule has 0 N–H and O–H groups in total. The molecule has 0 amide bonds. The summed E-state index contributed by atoms with van der Waals surface area (Å²) < 4.78 is 0. The molecule has 164 valence electrons. The molecule has 0 fully saturated rings. The molecule has 0 radical (unpaired) electrons.